The number of carbonyl (C=O) groups is 1. The first-order valence-corrected chi connectivity index (χ1v) is 13.0. The van der Waals surface area contributed by atoms with E-state index in [1.54, 1.807) is 0 Å². The van der Waals surface area contributed by atoms with Gasteiger partial charge in [0.25, 0.3) is 0 Å². The second-order valence-corrected chi connectivity index (χ2v) is 8.04. The van der Waals surface area contributed by atoms with E-state index in [1.165, 1.54) is 24.6 Å². The zero-order valence-corrected chi connectivity index (χ0v) is 21.3. The van der Waals surface area contributed by atoms with Gasteiger partial charge in [-0.25, -0.2) is 0 Å². The summed E-state index contributed by atoms with van der Waals surface area (Å²) in [6, 6.07) is 0. The van der Waals surface area contributed by atoms with E-state index in [0.717, 1.165) is 51.4 Å². The summed E-state index contributed by atoms with van der Waals surface area (Å²) in [6.07, 6.45) is 21.3. The smallest absolute Gasteiger partial charge is 0.303 e. The van der Waals surface area contributed by atoms with E-state index >= 15 is 0 Å². The summed E-state index contributed by atoms with van der Waals surface area (Å²) in [7, 11) is 0. The molecular formula is C25H47BrO4. The van der Waals surface area contributed by atoms with E-state index in [0.29, 0.717) is 19.6 Å². The molecule has 0 aromatic carbocycles. The highest BCUT2D eigenvalue weighted by molar-refractivity contribution is 9.09. The van der Waals surface area contributed by atoms with Crippen molar-refractivity contribution in [3.8, 4) is 0 Å². The van der Waals surface area contributed by atoms with Gasteiger partial charge in [0.1, 0.15) is 0 Å². The van der Waals surface area contributed by atoms with Crippen LogP contribution in [0, 0.1) is 0 Å². The van der Waals surface area contributed by atoms with Crippen LogP contribution in [-0.2, 0) is 14.3 Å². The van der Waals surface area contributed by atoms with Crippen molar-refractivity contribution in [2.75, 3.05) is 18.5 Å². The van der Waals surface area contributed by atoms with E-state index < -0.39 is 12.3 Å². The van der Waals surface area contributed by atoms with Crippen LogP contribution in [0.25, 0.3) is 0 Å². The third-order valence-corrected chi connectivity index (χ3v) is 4.83. The highest BCUT2D eigenvalue weighted by atomic mass is 79.9. The first kappa shape index (κ1) is 31.5. The molecule has 0 aromatic heterocycles. The number of halogens is 1. The van der Waals surface area contributed by atoms with Gasteiger partial charge >= 0.3 is 5.97 Å². The van der Waals surface area contributed by atoms with Crippen molar-refractivity contribution in [2.45, 2.75) is 111 Å². The number of allylic oxidation sites excluding steroid dienone is 4. The molecule has 0 atom stereocenters. The molecule has 1 N–H and O–H groups in total. The van der Waals surface area contributed by atoms with Crippen LogP contribution in [-0.4, -0.2) is 35.9 Å². The number of unbranched alkanes of at least 4 members (excludes halogenated alkanes) is 6. The van der Waals surface area contributed by atoms with Crippen molar-refractivity contribution in [1.29, 1.82) is 0 Å². The maximum Gasteiger partial charge on any atom is 0.303 e. The van der Waals surface area contributed by atoms with Gasteiger partial charge in [-0.1, -0.05) is 73.8 Å². The van der Waals surface area contributed by atoms with Gasteiger partial charge in [-0.3, -0.25) is 4.79 Å². The number of hydrogen-bond donors (Lipinski definition) is 1. The molecule has 0 fully saturated rings. The van der Waals surface area contributed by atoms with Crippen LogP contribution in [0.3, 0.4) is 0 Å². The van der Waals surface area contributed by atoms with Gasteiger partial charge in [0.05, 0.1) is 6.42 Å². The van der Waals surface area contributed by atoms with Crippen molar-refractivity contribution >= 4 is 21.9 Å². The summed E-state index contributed by atoms with van der Waals surface area (Å²) in [5, 5.41) is 9.99. The molecule has 0 bridgehead atoms. The third-order valence-electron chi connectivity index (χ3n) is 4.27. The Bertz CT molecular complexity index is 369. The number of alkyl halides is 1. The molecule has 30 heavy (non-hydrogen) atoms. The maximum atomic E-state index is 10.7. The second kappa shape index (κ2) is 28.4. The molecule has 0 aromatic rings. The minimum absolute atomic E-state index is 0.0865. The average Bonchev–Trinajstić information content (AvgIpc) is 2.74. The van der Waals surface area contributed by atoms with Crippen molar-refractivity contribution < 1.29 is 19.4 Å². The Morgan fingerprint density at radius 3 is 1.73 bits per heavy atom. The van der Waals surface area contributed by atoms with E-state index in [-0.39, 0.29) is 6.42 Å². The Hall–Kier alpha value is -0.650. The van der Waals surface area contributed by atoms with Crippen LogP contribution in [0.15, 0.2) is 24.3 Å². The molecule has 0 heterocycles. The van der Waals surface area contributed by atoms with E-state index in [9.17, 15) is 4.79 Å². The van der Waals surface area contributed by atoms with Crippen molar-refractivity contribution in [3.63, 3.8) is 0 Å². The minimum Gasteiger partial charge on any atom is -0.481 e. The molecule has 0 saturated heterocycles. The van der Waals surface area contributed by atoms with Crippen molar-refractivity contribution in [2.24, 2.45) is 0 Å². The quantitative estimate of drug-likeness (QED) is 0.0810. The van der Waals surface area contributed by atoms with Crippen molar-refractivity contribution in [1.82, 2.24) is 0 Å². The molecule has 4 nitrogen and oxygen atoms in total. The molecule has 0 rings (SSSR count). The molecule has 178 valence electrons. The first-order chi connectivity index (χ1) is 14.6. The number of ether oxygens (including phenoxy) is 2. The summed E-state index contributed by atoms with van der Waals surface area (Å²) in [5.74, 6) is -0.804. The fraction of sp³-hybridized carbons (Fsp3) is 0.800. The predicted molar refractivity (Wildman–Crippen MR) is 132 cm³/mol. The van der Waals surface area contributed by atoms with Crippen LogP contribution in [0.5, 0.6) is 0 Å². The number of rotatable bonds is 20. The zero-order chi connectivity index (χ0) is 22.7. The summed E-state index contributed by atoms with van der Waals surface area (Å²) in [4.78, 5) is 10.7. The molecule has 0 amide bonds. The summed E-state index contributed by atoms with van der Waals surface area (Å²) in [6.45, 7) is 7.73. The van der Waals surface area contributed by atoms with Crippen LogP contribution in [0.4, 0.5) is 0 Å². The number of aliphatic carboxylic acids is 1. The lowest BCUT2D eigenvalue weighted by molar-refractivity contribution is -0.156. The Kier molecular flexibility index (Phi) is 29.8. The lowest BCUT2D eigenvalue weighted by atomic mass is 10.2. The molecular weight excluding hydrogens is 444 g/mol. The molecule has 0 radical (unpaired) electrons. The Morgan fingerprint density at radius 1 is 0.833 bits per heavy atom. The summed E-state index contributed by atoms with van der Waals surface area (Å²) in [5.41, 5.74) is 0. The Morgan fingerprint density at radius 2 is 1.37 bits per heavy atom. The minimum atomic E-state index is -0.804. The van der Waals surface area contributed by atoms with Gasteiger partial charge in [0.2, 0.25) is 0 Å². The third kappa shape index (κ3) is 29.6. The second-order valence-electron chi connectivity index (χ2n) is 7.25. The largest absolute Gasteiger partial charge is 0.481 e. The van der Waals surface area contributed by atoms with Gasteiger partial charge in [-0.05, 0) is 57.8 Å². The van der Waals surface area contributed by atoms with Crippen LogP contribution < -0.4 is 0 Å². The molecule has 0 aliphatic rings. The predicted octanol–water partition coefficient (Wildman–Crippen LogP) is 8.06. The normalized spacial score (nSPS) is 11.4. The fourth-order valence-electron chi connectivity index (χ4n) is 2.53. The van der Waals surface area contributed by atoms with Crippen molar-refractivity contribution in [3.05, 3.63) is 24.3 Å². The van der Waals surface area contributed by atoms with E-state index in [1.807, 2.05) is 0 Å². The van der Waals surface area contributed by atoms with Gasteiger partial charge in [-0.15, -0.1) is 0 Å². The van der Waals surface area contributed by atoms with Gasteiger partial charge in [0.15, 0.2) is 6.29 Å². The maximum absolute atomic E-state index is 10.7. The monoisotopic (exact) mass is 490 g/mol. The molecule has 0 saturated carbocycles. The lowest BCUT2D eigenvalue weighted by Crippen LogP contribution is -2.20. The first-order valence-electron chi connectivity index (χ1n) is 11.9. The summed E-state index contributed by atoms with van der Waals surface area (Å²) >= 11 is 3.35. The average molecular weight is 492 g/mol. The topological polar surface area (TPSA) is 55.8 Å². The van der Waals surface area contributed by atoms with Gasteiger partial charge < -0.3 is 14.6 Å². The lowest BCUT2D eigenvalue weighted by Gasteiger charge is -2.18. The molecule has 5 heteroatoms. The highest BCUT2D eigenvalue weighted by Gasteiger charge is 2.11. The Balaban J connectivity index is 0. The highest BCUT2D eigenvalue weighted by Crippen LogP contribution is 2.09. The standard InChI is InChI=1S/C20H36O4.C5H11Br/c1-3-5-7-9-11-13-17-23-20(16-15-19(21)22)24-18-14-12-10-8-6-4-2;1-2-3-4-5-6/h5-8,20H,3-4,9-18H2,1-2H3,(H,21,22);2-5H2,1H3/b7-5-,8-6-;. The number of hydrogen-bond acceptors (Lipinski definition) is 3. The molecule has 0 aliphatic carbocycles. The Labute approximate surface area is 194 Å². The summed E-state index contributed by atoms with van der Waals surface area (Å²) < 4.78 is 11.4. The fourth-order valence-corrected chi connectivity index (χ4v) is 2.92. The van der Waals surface area contributed by atoms with Crippen LogP contribution in [0.1, 0.15) is 104 Å². The zero-order valence-electron chi connectivity index (χ0n) is 19.8. The van der Waals surface area contributed by atoms with Crippen LogP contribution >= 0.6 is 15.9 Å². The molecule has 0 unspecified atom stereocenters. The number of carboxylic acids is 1. The molecule has 0 aliphatic heterocycles. The van der Waals surface area contributed by atoms with E-state index in [4.69, 9.17) is 14.6 Å². The SMILES string of the molecule is CC/C=C\CCCCOC(CCC(=O)O)OCCCC/C=C\CC.CCCCCBr. The van der Waals surface area contributed by atoms with Gasteiger partial charge in [-0.2, -0.15) is 0 Å². The molecule has 0 spiro atoms. The number of carboxylic acid groups (broad SMARTS) is 1. The van der Waals surface area contributed by atoms with Gasteiger partial charge in [0, 0.05) is 25.0 Å². The van der Waals surface area contributed by atoms with Crippen LogP contribution in [0.2, 0.25) is 0 Å². The van der Waals surface area contributed by atoms with E-state index in [2.05, 4.69) is 61.0 Å².